The van der Waals surface area contributed by atoms with Crippen LogP contribution in [-0.4, -0.2) is 60.4 Å². The number of aromatic nitrogens is 2. The molecule has 9 heteroatoms. The fraction of sp³-hybridized carbons (Fsp3) is 0.348. The zero-order chi connectivity index (χ0) is 21.6. The van der Waals surface area contributed by atoms with Gasteiger partial charge in [-0.05, 0) is 36.2 Å². The van der Waals surface area contributed by atoms with Crippen molar-refractivity contribution < 1.29 is 17.9 Å². The number of nitrogens with zero attached hydrogens (tertiary/aromatic N) is 4. The lowest BCUT2D eigenvalue weighted by atomic mass is 10.1. The SMILES string of the molecule is C.CCOC(=O)c1cnc(N2C[C@@H]3C[C@@H]2CN3S(=O)(=O)c2ccc3ccccc3c2)nc1. The molecule has 0 radical (unpaired) electrons. The van der Waals surface area contributed by atoms with E-state index in [0.717, 1.165) is 17.2 Å². The van der Waals surface area contributed by atoms with Crippen molar-refractivity contribution >= 4 is 32.7 Å². The van der Waals surface area contributed by atoms with Gasteiger partial charge in [-0.3, -0.25) is 0 Å². The predicted octanol–water partition coefficient (Wildman–Crippen LogP) is 3.09. The molecule has 0 N–H and O–H groups in total. The van der Waals surface area contributed by atoms with Crippen molar-refractivity contribution in [2.24, 2.45) is 0 Å². The summed E-state index contributed by atoms with van der Waals surface area (Å²) in [5.74, 6) is 0.0490. The first-order valence-corrected chi connectivity index (χ1v) is 11.7. The number of esters is 1. The van der Waals surface area contributed by atoms with E-state index >= 15 is 0 Å². The van der Waals surface area contributed by atoms with Crippen LogP contribution in [0.5, 0.6) is 0 Å². The van der Waals surface area contributed by atoms with Crippen LogP contribution in [0.25, 0.3) is 10.8 Å². The van der Waals surface area contributed by atoms with E-state index in [1.165, 1.54) is 12.4 Å². The molecule has 1 aromatic heterocycles. The summed E-state index contributed by atoms with van der Waals surface area (Å²) >= 11 is 0. The molecule has 0 saturated carbocycles. The highest BCUT2D eigenvalue weighted by Crippen LogP contribution is 2.37. The fourth-order valence-electron chi connectivity index (χ4n) is 4.42. The van der Waals surface area contributed by atoms with Crippen molar-refractivity contribution in [2.45, 2.75) is 37.8 Å². The number of piperazine rings is 1. The number of rotatable bonds is 5. The van der Waals surface area contributed by atoms with Crippen molar-refractivity contribution in [3.8, 4) is 0 Å². The Balaban J connectivity index is 0.00000245. The molecule has 2 bridgehead atoms. The van der Waals surface area contributed by atoms with Crippen molar-refractivity contribution in [1.82, 2.24) is 14.3 Å². The van der Waals surface area contributed by atoms with Gasteiger partial charge in [0.2, 0.25) is 16.0 Å². The van der Waals surface area contributed by atoms with Crippen molar-refractivity contribution in [2.75, 3.05) is 24.6 Å². The van der Waals surface area contributed by atoms with Crippen LogP contribution in [0, 0.1) is 0 Å². The van der Waals surface area contributed by atoms with Gasteiger partial charge >= 0.3 is 5.97 Å². The van der Waals surface area contributed by atoms with Crippen LogP contribution in [-0.2, 0) is 14.8 Å². The van der Waals surface area contributed by atoms with Crippen LogP contribution >= 0.6 is 0 Å². The quantitative estimate of drug-likeness (QED) is 0.547. The molecule has 0 aliphatic carbocycles. The van der Waals surface area contributed by atoms with E-state index in [1.807, 2.05) is 35.2 Å². The van der Waals surface area contributed by atoms with Gasteiger partial charge in [-0.2, -0.15) is 4.31 Å². The Morgan fingerprint density at radius 3 is 2.44 bits per heavy atom. The van der Waals surface area contributed by atoms with Gasteiger partial charge < -0.3 is 9.64 Å². The molecule has 168 valence electrons. The van der Waals surface area contributed by atoms with E-state index in [2.05, 4.69) is 9.97 Å². The number of anilines is 1. The van der Waals surface area contributed by atoms with Crippen LogP contribution < -0.4 is 4.90 Å². The number of hydrogen-bond acceptors (Lipinski definition) is 7. The lowest BCUT2D eigenvalue weighted by Gasteiger charge is -2.33. The molecule has 0 amide bonds. The molecule has 0 unspecified atom stereocenters. The van der Waals surface area contributed by atoms with Crippen LogP contribution in [0.15, 0.2) is 59.8 Å². The van der Waals surface area contributed by atoms with Gasteiger partial charge in [0, 0.05) is 37.6 Å². The standard InChI is InChI=1S/C22H22N4O4S.CH4/c1-2-30-21(27)17-11-23-22(24-12-17)25-13-19-10-18(25)14-26(19)31(28,29)20-8-7-15-5-3-4-6-16(15)9-20;/h3-9,11-12,18-19H,2,10,13-14H2,1H3;1H4/t18-,19+;/m1./s1. The maximum atomic E-state index is 13.3. The molecule has 2 fully saturated rings. The minimum Gasteiger partial charge on any atom is -0.462 e. The molecule has 2 aliphatic heterocycles. The van der Waals surface area contributed by atoms with Gasteiger partial charge in [-0.1, -0.05) is 37.8 Å². The van der Waals surface area contributed by atoms with E-state index in [4.69, 9.17) is 4.74 Å². The molecule has 32 heavy (non-hydrogen) atoms. The largest absolute Gasteiger partial charge is 0.462 e. The van der Waals surface area contributed by atoms with E-state index in [0.29, 0.717) is 29.5 Å². The number of ether oxygens (including phenoxy) is 1. The Morgan fingerprint density at radius 2 is 1.78 bits per heavy atom. The molecular formula is C23H26N4O4S. The highest BCUT2D eigenvalue weighted by molar-refractivity contribution is 7.89. The first-order chi connectivity index (χ1) is 15.0. The van der Waals surface area contributed by atoms with E-state index in [-0.39, 0.29) is 26.1 Å². The first-order valence-electron chi connectivity index (χ1n) is 10.2. The van der Waals surface area contributed by atoms with Crippen LogP contribution in [0.1, 0.15) is 31.1 Å². The van der Waals surface area contributed by atoms with Gasteiger partial charge in [-0.25, -0.2) is 23.2 Å². The summed E-state index contributed by atoms with van der Waals surface area (Å²) in [4.78, 5) is 22.7. The summed E-state index contributed by atoms with van der Waals surface area (Å²) in [6.07, 6.45) is 3.64. The lowest BCUT2D eigenvalue weighted by molar-refractivity contribution is 0.0525. The third kappa shape index (κ3) is 3.71. The third-order valence-corrected chi connectivity index (χ3v) is 7.84. The van der Waals surface area contributed by atoms with Crippen LogP contribution in [0.3, 0.4) is 0 Å². The van der Waals surface area contributed by atoms with Gasteiger partial charge in [0.15, 0.2) is 0 Å². The van der Waals surface area contributed by atoms with Gasteiger partial charge in [0.25, 0.3) is 0 Å². The van der Waals surface area contributed by atoms with Crippen molar-refractivity contribution in [1.29, 1.82) is 0 Å². The maximum absolute atomic E-state index is 13.3. The monoisotopic (exact) mass is 454 g/mol. The smallest absolute Gasteiger partial charge is 0.341 e. The topological polar surface area (TPSA) is 92.7 Å². The average Bonchev–Trinajstić information content (AvgIpc) is 3.41. The summed E-state index contributed by atoms with van der Waals surface area (Å²) in [5.41, 5.74) is 0.301. The maximum Gasteiger partial charge on any atom is 0.341 e. The van der Waals surface area contributed by atoms with E-state index < -0.39 is 16.0 Å². The number of sulfonamides is 1. The lowest BCUT2D eigenvalue weighted by Crippen LogP contribution is -2.49. The van der Waals surface area contributed by atoms with Crippen LogP contribution in [0.4, 0.5) is 5.95 Å². The minimum atomic E-state index is -3.59. The second-order valence-corrected chi connectivity index (χ2v) is 9.66. The third-order valence-electron chi connectivity index (χ3n) is 5.92. The number of benzene rings is 2. The molecular weight excluding hydrogens is 428 g/mol. The zero-order valence-electron chi connectivity index (χ0n) is 17.0. The Bertz CT molecular complexity index is 1250. The highest BCUT2D eigenvalue weighted by Gasteiger charge is 2.49. The summed E-state index contributed by atoms with van der Waals surface area (Å²) < 4.78 is 33.2. The van der Waals surface area contributed by atoms with Crippen molar-refractivity contribution in [3.63, 3.8) is 0 Å². The van der Waals surface area contributed by atoms with Crippen LogP contribution in [0.2, 0.25) is 0 Å². The Kier molecular flexibility index (Phi) is 5.87. The number of carbonyl (C=O) groups excluding carboxylic acids is 1. The summed E-state index contributed by atoms with van der Waals surface area (Å²) in [6, 6.07) is 12.9. The molecule has 8 nitrogen and oxygen atoms in total. The number of hydrogen-bond donors (Lipinski definition) is 0. The number of fused-ring (bicyclic) bond motifs is 3. The Morgan fingerprint density at radius 1 is 1.06 bits per heavy atom. The molecule has 2 aromatic carbocycles. The van der Waals surface area contributed by atoms with Gasteiger partial charge in [0.1, 0.15) is 0 Å². The number of carbonyl (C=O) groups is 1. The highest BCUT2D eigenvalue weighted by atomic mass is 32.2. The molecule has 5 rings (SSSR count). The second-order valence-electron chi connectivity index (χ2n) is 7.77. The molecule has 2 saturated heterocycles. The summed E-state index contributed by atoms with van der Waals surface area (Å²) in [7, 11) is -3.59. The molecule has 3 aromatic rings. The van der Waals surface area contributed by atoms with E-state index in [9.17, 15) is 13.2 Å². The Labute approximate surface area is 187 Å². The molecule has 2 atom stereocenters. The van der Waals surface area contributed by atoms with Gasteiger partial charge in [-0.15, -0.1) is 0 Å². The Hall–Kier alpha value is -3.04. The fourth-order valence-corrected chi connectivity index (χ4v) is 6.12. The summed E-state index contributed by atoms with van der Waals surface area (Å²) in [5, 5.41) is 1.92. The second kappa shape index (κ2) is 8.48. The van der Waals surface area contributed by atoms with E-state index in [1.54, 1.807) is 23.4 Å². The minimum absolute atomic E-state index is 0. The molecule has 2 aliphatic rings. The average molecular weight is 455 g/mol. The summed E-state index contributed by atoms with van der Waals surface area (Å²) in [6.45, 7) is 2.95. The molecule has 0 spiro atoms. The normalized spacial score (nSPS) is 20.3. The zero-order valence-corrected chi connectivity index (χ0v) is 17.8. The van der Waals surface area contributed by atoms with Gasteiger partial charge in [0.05, 0.1) is 17.1 Å². The van der Waals surface area contributed by atoms with Crippen molar-refractivity contribution in [3.05, 3.63) is 60.4 Å². The predicted molar refractivity (Wildman–Crippen MR) is 122 cm³/mol. The molecule has 3 heterocycles. The first kappa shape index (κ1) is 22.2.